The van der Waals surface area contributed by atoms with Crippen LogP contribution in [0.4, 0.5) is 5.69 Å². The van der Waals surface area contributed by atoms with Gasteiger partial charge in [-0.3, -0.25) is 4.98 Å². The van der Waals surface area contributed by atoms with Crippen molar-refractivity contribution in [3.8, 4) is 11.3 Å². The van der Waals surface area contributed by atoms with Crippen molar-refractivity contribution in [3.63, 3.8) is 0 Å². The molecule has 0 radical (unpaired) electrons. The van der Waals surface area contributed by atoms with Gasteiger partial charge in [-0.25, -0.2) is 4.85 Å². The van der Waals surface area contributed by atoms with Crippen LogP contribution in [0.3, 0.4) is 0 Å². The Morgan fingerprint density at radius 3 is 2.88 bits per heavy atom. The first-order valence-corrected chi connectivity index (χ1v) is 4.88. The Balaban J connectivity index is 2.55. The highest BCUT2D eigenvalue weighted by molar-refractivity contribution is 5.74. The van der Waals surface area contributed by atoms with Crippen LogP contribution in [0.1, 0.15) is 5.56 Å². The maximum Gasteiger partial charge on any atom is 0.212 e. The molecule has 0 fully saturated rings. The molecular weight excluding hydrogens is 200 g/mol. The van der Waals surface area contributed by atoms with Gasteiger partial charge in [-0.2, -0.15) is 0 Å². The highest BCUT2D eigenvalue weighted by atomic mass is 16.3. The van der Waals surface area contributed by atoms with Crippen molar-refractivity contribution in [1.29, 1.82) is 0 Å². The molecular formula is C13H10N2O. The van der Waals surface area contributed by atoms with Crippen LogP contribution in [0, 0.1) is 6.57 Å². The molecule has 3 heteroatoms. The largest absolute Gasteiger partial charge is 0.392 e. The number of benzene rings is 1. The summed E-state index contributed by atoms with van der Waals surface area (Å²) in [6.45, 7) is 7.06. The topological polar surface area (TPSA) is 37.5 Å². The van der Waals surface area contributed by atoms with E-state index in [2.05, 4.69) is 9.83 Å². The van der Waals surface area contributed by atoms with E-state index in [9.17, 15) is 0 Å². The van der Waals surface area contributed by atoms with Crippen LogP contribution in [-0.4, -0.2) is 10.1 Å². The van der Waals surface area contributed by atoms with Crippen molar-refractivity contribution in [2.75, 3.05) is 0 Å². The van der Waals surface area contributed by atoms with Crippen LogP contribution in [0.25, 0.3) is 16.1 Å². The van der Waals surface area contributed by atoms with E-state index in [1.54, 1.807) is 18.3 Å². The zero-order valence-corrected chi connectivity index (χ0v) is 8.59. The molecule has 0 saturated heterocycles. The molecule has 2 aromatic rings. The van der Waals surface area contributed by atoms with E-state index in [-0.39, 0.29) is 6.61 Å². The molecule has 0 bridgehead atoms. The molecule has 0 saturated carbocycles. The Labute approximate surface area is 93.8 Å². The van der Waals surface area contributed by atoms with Crippen LogP contribution in [0.2, 0.25) is 0 Å². The highest BCUT2D eigenvalue weighted by Gasteiger charge is 2.05. The number of hydrogen-bond acceptors (Lipinski definition) is 2. The van der Waals surface area contributed by atoms with E-state index in [4.69, 9.17) is 11.7 Å². The van der Waals surface area contributed by atoms with Gasteiger partial charge in [0.2, 0.25) is 5.69 Å². The number of nitrogens with zero attached hydrogens (tertiary/aromatic N) is 2. The number of aliphatic hydroxyl groups excluding tert-OH is 1. The third kappa shape index (κ3) is 1.92. The summed E-state index contributed by atoms with van der Waals surface area (Å²) in [4.78, 5) is 7.63. The van der Waals surface area contributed by atoms with Crippen molar-refractivity contribution < 1.29 is 5.11 Å². The van der Waals surface area contributed by atoms with Gasteiger partial charge >= 0.3 is 0 Å². The molecule has 0 atom stereocenters. The third-order valence-corrected chi connectivity index (χ3v) is 2.29. The average molecular weight is 210 g/mol. The van der Waals surface area contributed by atoms with Gasteiger partial charge in [0.05, 0.1) is 18.9 Å². The average Bonchev–Trinajstić information content (AvgIpc) is 2.38. The summed E-state index contributed by atoms with van der Waals surface area (Å²) >= 11 is 0. The van der Waals surface area contributed by atoms with Crippen LogP contribution in [0.5, 0.6) is 0 Å². The number of aliphatic hydroxyl groups is 1. The Hall–Kier alpha value is -2.18. The standard InChI is InChI=1S/C13H10N2O/c1-14-12-6-3-7-15-13(12)11-5-2-4-10(8-11)9-16/h2-8,16H,9H2. The Morgan fingerprint density at radius 1 is 1.25 bits per heavy atom. The molecule has 1 N–H and O–H groups in total. The summed E-state index contributed by atoms with van der Waals surface area (Å²) in [7, 11) is 0. The molecule has 78 valence electrons. The van der Waals surface area contributed by atoms with Crippen molar-refractivity contribution in [2.24, 2.45) is 0 Å². The number of rotatable bonds is 2. The first kappa shape index (κ1) is 10.3. The minimum absolute atomic E-state index is 0.00593. The second-order valence-corrected chi connectivity index (χ2v) is 3.34. The lowest BCUT2D eigenvalue weighted by molar-refractivity contribution is 0.282. The number of pyridine rings is 1. The number of hydrogen-bond donors (Lipinski definition) is 1. The van der Waals surface area contributed by atoms with Gasteiger partial charge in [0.1, 0.15) is 0 Å². The zero-order chi connectivity index (χ0) is 11.4. The molecule has 16 heavy (non-hydrogen) atoms. The van der Waals surface area contributed by atoms with Crippen LogP contribution in [0.15, 0.2) is 42.6 Å². The minimum atomic E-state index is -0.00593. The first-order valence-electron chi connectivity index (χ1n) is 4.88. The molecule has 1 aromatic carbocycles. The SMILES string of the molecule is [C-]#[N+]c1cccnc1-c1cccc(CO)c1. The summed E-state index contributed by atoms with van der Waals surface area (Å²) in [5.74, 6) is 0. The molecule has 2 rings (SSSR count). The van der Waals surface area contributed by atoms with Gasteiger partial charge < -0.3 is 5.11 Å². The number of aromatic nitrogens is 1. The summed E-state index contributed by atoms with van der Waals surface area (Å²) in [5, 5.41) is 9.05. The van der Waals surface area contributed by atoms with Gasteiger partial charge in [0, 0.05) is 6.20 Å². The molecule has 0 spiro atoms. The summed E-state index contributed by atoms with van der Waals surface area (Å²) in [6.07, 6.45) is 1.66. The fourth-order valence-electron chi connectivity index (χ4n) is 1.53. The first-order chi connectivity index (χ1) is 7.85. The molecule has 1 aromatic heterocycles. The predicted octanol–water partition coefficient (Wildman–Crippen LogP) is 2.79. The molecule has 0 unspecified atom stereocenters. The molecule has 0 aliphatic carbocycles. The lowest BCUT2D eigenvalue weighted by Gasteiger charge is -2.04. The normalized spacial score (nSPS) is 9.75. The van der Waals surface area contributed by atoms with Crippen LogP contribution >= 0.6 is 0 Å². The molecule has 0 aliphatic rings. The van der Waals surface area contributed by atoms with Gasteiger partial charge in [0.15, 0.2) is 0 Å². The summed E-state index contributed by atoms with van der Waals surface area (Å²) < 4.78 is 0. The second-order valence-electron chi connectivity index (χ2n) is 3.34. The molecule has 0 amide bonds. The second kappa shape index (κ2) is 4.56. The van der Waals surface area contributed by atoms with Crippen LogP contribution in [-0.2, 0) is 6.61 Å². The Morgan fingerprint density at radius 2 is 2.12 bits per heavy atom. The molecule has 3 nitrogen and oxygen atoms in total. The van der Waals surface area contributed by atoms with E-state index in [0.29, 0.717) is 11.4 Å². The fourth-order valence-corrected chi connectivity index (χ4v) is 1.53. The third-order valence-electron chi connectivity index (χ3n) is 2.29. The van der Waals surface area contributed by atoms with E-state index in [0.717, 1.165) is 11.1 Å². The summed E-state index contributed by atoms with van der Waals surface area (Å²) in [5.41, 5.74) is 2.86. The van der Waals surface area contributed by atoms with Gasteiger partial charge in [0.25, 0.3) is 0 Å². The Kier molecular flexibility index (Phi) is 2.95. The smallest absolute Gasteiger partial charge is 0.212 e. The van der Waals surface area contributed by atoms with Gasteiger partial charge in [-0.15, -0.1) is 0 Å². The van der Waals surface area contributed by atoms with Crippen molar-refractivity contribution >= 4 is 5.69 Å². The van der Waals surface area contributed by atoms with Crippen molar-refractivity contribution in [2.45, 2.75) is 6.61 Å². The minimum Gasteiger partial charge on any atom is -0.392 e. The maximum absolute atomic E-state index is 9.05. The highest BCUT2D eigenvalue weighted by Crippen LogP contribution is 2.28. The molecule has 1 heterocycles. The lowest BCUT2D eigenvalue weighted by Crippen LogP contribution is -1.86. The van der Waals surface area contributed by atoms with Crippen molar-refractivity contribution in [3.05, 3.63) is 59.6 Å². The van der Waals surface area contributed by atoms with E-state index >= 15 is 0 Å². The zero-order valence-electron chi connectivity index (χ0n) is 8.59. The lowest BCUT2D eigenvalue weighted by atomic mass is 10.1. The Bertz CT molecular complexity index is 544. The van der Waals surface area contributed by atoms with E-state index in [1.165, 1.54) is 0 Å². The van der Waals surface area contributed by atoms with E-state index in [1.807, 2.05) is 24.3 Å². The van der Waals surface area contributed by atoms with Crippen molar-refractivity contribution in [1.82, 2.24) is 4.98 Å². The quantitative estimate of drug-likeness (QED) is 0.774. The van der Waals surface area contributed by atoms with E-state index < -0.39 is 0 Å². The monoisotopic (exact) mass is 210 g/mol. The fraction of sp³-hybridized carbons (Fsp3) is 0.0769. The van der Waals surface area contributed by atoms with Gasteiger partial charge in [-0.05, 0) is 17.2 Å². The van der Waals surface area contributed by atoms with Gasteiger partial charge in [-0.1, -0.05) is 30.3 Å². The molecule has 0 aliphatic heterocycles. The predicted molar refractivity (Wildman–Crippen MR) is 61.9 cm³/mol. The summed E-state index contributed by atoms with van der Waals surface area (Å²) in [6, 6.07) is 10.9. The van der Waals surface area contributed by atoms with Crippen LogP contribution < -0.4 is 0 Å². The maximum atomic E-state index is 9.05.